The maximum absolute atomic E-state index is 13.0. The molecule has 1 aromatic carbocycles. The van der Waals surface area contributed by atoms with Crippen LogP contribution >= 0.6 is 0 Å². The van der Waals surface area contributed by atoms with Gasteiger partial charge in [-0.3, -0.25) is 24.0 Å². The van der Waals surface area contributed by atoms with Gasteiger partial charge in [0.15, 0.2) is 0 Å². The van der Waals surface area contributed by atoms with Gasteiger partial charge in [-0.05, 0) is 43.9 Å². The Kier molecular flexibility index (Phi) is 8.46. The standard InChI is InChI=1S/C24H36N4O3/c1-27-22-18(12-9-7-5-3-2-4-6-8-10-17-25)13-11-14-19(22)28(24(27)31)20-15-16-21(29)26-23(20)30/h11,13-14,20H,2-10,12,15-17,25H2,1H3,(H,26,29,30). The molecule has 1 aromatic heterocycles. The molecule has 1 fully saturated rings. The van der Waals surface area contributed by atoms with E-state index < -0.39 is 6.04 Å². The zero-order valence-electron chi connectivity index (χ0n) is 18.7. The first kappa shape index (κ1) is 23.3. The quantitative estimate of drug-likeness (QED) is 0.400. The number of amides is 2. The number of rotatable bonds is 12. The largest absolute Gasteiger partial charge is 0.330 e. The number of nitrogens with zero attached hydrogens (tertiary/aromatic N) is 2. The molecule has 0 bridgehead atoms. The maximum atomic E-state index is 13.0. The van der Waals surface area contributed by atoms with Crippen LogP contribution < -0.4 is 16.7 Å². The van der Waals surface area contributed by atoms with Gasteiger partial charge in [0.25, 0.3) is 0 Å². The lowest BCUT2D eigenvalue weighted by Gasteiger charge is -2.21. The summed E-state index contributed by atoms with van der Waals surface area (Å²) in [4.78, 5) is 36.8. The van der Waals surface area contributed by atoms with E-state index in [2.05, 4.69) is 11.4 Å². The number of hydrogen-bond donors (Lipinski definition) is 2. The van der Waals surface area contributed by atoms with Crippen LogP contribution in [0.3, 0.4) is 0 Å². The summed E-state index contributed by atoms with van der Waals surface area (Å²) in [5.41, 5.74) is 8.14. The lowest BCUT2D eigenvalue weighted by atomic mass is 10.0. The first-order valence-corrected chi connectivity index (χ1v) is 11.8. The molecule has 7 nitrogen and oxygen atoms in total. The molecular formula is C24H36N4O3. The second-order valence-corrected chi connectivity index (χ2v) is 8.68. The number of fused-ring (bicyclic) bond motifs is 1. The Labute approximate surface area is 184 Å². The maximum Gasteiger partial charge on any atom is 0.329 e. The number of imidazole rings is 1. The summed E-state index contributed by atoms with van der Waals surface area (Å²) in [7, 11) is 1.77. The van der Waals surface area contributed by atoms with Crippen molar-refractivity contribution in [1.82, 2.24) is 14.5 Å². The Bertz CT molecular complexity index is 960. The molecule has 0 spiro atoms. The number of unbranched alkanes of at least 4 members (excludes halogenated alkanes) is 8. The third-order valence-corrected chi connectivity index (χ3v) is 6.36. The molecule has 31 heavy (non-hydrogen) atoms. The highest BCUT2D eigenvalue weighted by atomic mass is 16.2. The summed E-state index contributed by atoms with van der Waals surface area (Å²) in [5.74, 6) is -0.662. The van der Waals surface area contributed by atoms with Crippen LogP contribution in [0.5, 0.6) is 0 Å². The summed E-state index contributed by atoms with van der Waals surface area (Å²) < 4.78 is 3.21. The first-order chi connectivity index (χ1) is 15.0. The van der Waals surface area contributed by atoms with Gasteiger partial charge < -0.3 is 5.73 Å². The third kappa shape index (κ3) is 5.64. The van der Waals surface area contributed by atoms with Crippen LogP contribution in [-0.2, 0) is 23.1 Å². The van der Waals surface area contributed by atoms with E-state index in [0.717, 1.165) is 42.4 Å². The van der Waals surface area contributed by atoms with Crippen molar-refractivity contribution in [3.8, 4) is 0 Å². The van der Waals surface area contributed by atoms with Gasteiger partial charge in [0.1, 0.15) is 6.04 Å². The number of piperidine rings is 1. The van der Waals surface area contributed by atoms with Crippen molar-refractivity contribution < 1.29 is 9.59 Å². The molecule has 3 N–H and O–H groups in total. The van der Waals surface area contributed by atoms with Crippen molar-refractivity contribution in [3.05, 3.63) is 34.2 Å². The van der Waals surface area contributed by atoms with Crippen molar-refractivity contribution in [2.45, 2.75) is 83.1 Å². The molecule has 3 rings (SSSR count). The number of nitrogens with one attached hydrogen (secondary N) is 1. The smallest absolute Gasteiger partial charge is 0.329 e. The highest BCUT2D eigenvalue weighted by Crippen LogP contribution is 2.26. The lowest BCUT2D eigenvalue weighted by molar-refractivity contribution is -0.135. The number of aryl methyl sites for hydroxylation is 2. The summed E-state index contributed by atoms with van der Waals surface area (Å²) >= 11 is 0. The molecule has 170 valence electrons. The monoisotopic (exact) mass is 428 g/mol. The van der Waals surface area contributed by atoms with E-state index in [-0.39, 0.29) is 23.9 Å². The summed E-state index contributed by atoms with van der Waals surface area (Å²) in [6.07, 6.45) is 12.6. The Morgan fingerprint density at radius 3 is 2.26 bits per heavy atom. The number of aromatic nitrogens is 2. The Morgan fingerprint density at radius 1 is 0.968 bits per heavy atom. The second-order valence-electron chi connectivity index (χ2n) is 8.68. The van der Waals surface area contributed by atoms with Crippen LogP contribution in [0.15, 0.2) is 23.0 Å². The van der Waals surface area contributed by atoms with Crippen LogP contribution in [0.4, 0.5) is 0 Å². The molecule has 1 aliphatic heterocycles. The molecule has 7 heteroatoms. The molecule has 2 aromatic rings. The van der Waals surface area contributed by atoms with Crippen molar-refractivity contribution in [2.75, 3.05) is 6.54 Å². The fraction of sp³-hybridized carbons (Fsp3) is 0.625. The fourth-order valence-electron chi connectivity index (χ4n) is 4.65. The van der Waals surface area contributed by atoms with Crippen molar-refractivity contribution in [2.24, 2.45) is 12.8 Å². The number of carbonyl (C=O) groups is 2. The molecule has 1 unspecified atom stereocenters. The van der Waals surface area contributed by atoms with E-state index in [9.17, 15) is 14.4 Å². The van der Waals surface area contributed by atoms with Crippen molar-refractivity contribution >= 4 is 22.8 Å². The second kappa shape index (κ2) is 11.3. The zero-order valence-corrected chi connectivity index (χ0v) is 18.7. The van der Waals surface area contributed by atoms with Crippen molar-refractivity contribution in [3.63, 3.8) is 0 Å². The molecule has 1 saturated heterocycles. The Balaban J connectivity index is 1.60. The number of para-hydroxylation sites is 1. The van der Waals surface area contributed by atoms with Gasteiger partial charge in [0.2, 0.25) is 11.8 Å². The SMILES string of the molecule is Cn1c(=O)n(C2CCC(=O)NC2=O)c2cccc(CCCCCCCCCCCN)c21. The van der Waals surface area contributed by atoms with Gasteiger partial charge in [-0.2, -0.15) is 0 Å². The topological polar surface area (TPSA) is 99.1 Å². The van der Waals surface area contributed by atoms with Gasteiger partial charge in [-0.25, -0.2) is 4.79 Å². The van der Waals surface area contributed by atoms with Crippen LogP contribution in [0, 0.1) is 0 Å². The van der Waals surface area contributed by atoms with Crippen LogP contribution in [-0.4, -0.2) is 27.5 Å². The first-order valence-electron chi connectivity index (χ1n) is 11.8. The van der Waals surface area contributed by atoms with Gasteiger partial charge in [0, 0.05) is 13.5 Å². The highest BCUT2D eigenvalue weighted by molar-refractivity contribution is 6.00. The van der Waals surface area contributed by atoms with E-state index in [0.29, 0.717) is 6.42 Å². The normalized spacial score (nSPS) is 16.8. The average Bonchev–Trinajstić information content (AvgIpc) is 3.01. The van der Waals surface area contributed by atoms with Crippen LogP contribution in [0.2, 0.25) is 0 Å². The average molecular weight is 429 g/mol. The minimum absolute atomic E-state index is 0.202. The molecule has 2 amide bonds. The summed E-state index contributed by atoms with van der Waals surface area (Å²) in [6, 6.07) is 5.30. The van der Waals surface area contributed by atoms with Gasteiger partial charge in [0.05, 0.1) is 11.0 Å². The molecule has 2 heterocycles. The number of benzene rings is 1. The van der Waals surface area contributed by atoms with E-state index in [4.69, 9.17) is 5.73 Å². The minimum Gasteiger partial charge on any atom is -0.330 e. The number of carbonyl (C=O) groups excluding carboxylic acids is 2. The van der Waals surface area contributed by atoms with Crippen LogP contribution in [0.25, 0.3) is 11.0 Å². The van der Waals surface area contributed by atoms with Gasteiger partial charge in [-0.1, -0.05) is 57.1 Å². The number of hydrogen-bond acceptors (Lipinski definition) is 4. The van der Waals surface area contributed by atoms with E-state index in [1.807, 2.05) is 12.1 Å². The Morgan fingerprint density at radius 2 is 1.61 bits per heavy atom. The summed E-state index contributed by atoms with van der Waals surface area (Å²) in [5, 5.41) is 2.36. The predicted molar refractivity (Wildman–Crippen MR) is 123 cm³/mol. The molecule has 1 atom stereocenters. The Hall–Kier alpha value is -2.41. The highest BCUT2D eigenvalue weighted by Gasteiger charge is 2.31. The molecule has 0 radical (unpaired) electrons. The van der Waals surface area contributed by atoms with Crippen LogP contribution in [0.1, 0.15) is 82.2 Å². The molecule has 0 aliphatic carbocycles. The van der Waals surface area contributed by atoms with Gasteiger partial charge >= 0.3 is 5.69 Å². The predicted octanol–water partition coefficient (Wildman–Crippen LogP) is 3.33. The van der Waals surface area contributed by atoms with E-state index >= 15 is 0 Å². The van der Waals surface area contributed by atoms with Gasteiger partial charge in [-0.15, -0.1) is 0 Å². The van der Waals surface area contributed by atoms with Crippen molar-refractivity contribution in [1.29, 1.82) is 0 Å². The minimum atomic E-state index is -0.631. The number of imide groups is 1. The summed E-state index contributed by atoms with van der Waals surface area (Å²) in [6.45, 7) is 0.801. The molecule has 0 saturated carbocycles. The molecular weight excluding hydrogens is 392 g/mol. The third-order valence-electron chi connectivity index (χ3n) is 6.36. The number of nitrogens with two attached hydrogens (primary N) is 1. The zero-order chi connectivity index (χ0) is 22.2. The van der Waals surface area contributed by atoms with E-state index in [1.54, 1.807) is 16.2 Å². The van der Waals surface area contributed by atoms with E-state index in [1.165, 1.54) is 44.9 Å². The molecule has 1 aliphatic rings. The fourth-order valence-corrected chi connectivity index (χ4v) is 4.65. The lowest BCUT2D eigenvalue weighted by Crippen LogP contribution is -2.44.